The summed E-state index contributed by atoms with van der Waals surface area (Å²) in [6, 6.07) is 6.53. The standard InChI is InChI=1S/C18H25N3O3/c22-18(20-14-6-8-21-7-2-1-3-15(14)21)19-12-13-4-5-16-17(11-13)24-10-9-23-16/h4-5,11,14-15H,1-3,6-10,12H2,(H2,19,20,22). The van der Waals surface area contributed by atoms with Crippen LogP contribution in [-0.2, 0) is 6.54 Å². The highest BCUT2D eigenvalue weighted by Crippen LogP contribution is 2.30. The van der Waals surface area contributed by atoms with Gasteiger partial charge in [0.1, 0.15) is 13.2 Å². The molecule has 3 heterocycles. The maximum atomic E-state index is 12.2. The van der Waals surface area contributed by atoms with Crippen molar-refractivity contribution in [1.82, 2.24) is 15.5 Å². The average molecular weight is 331 g/mol. The van der Waals surface area contributed by atoms with Crippen LogP contribution in [0.1, 0.15) is 31.2 Å². The zero-order chi connectivity index (χ0) is 16.4. The first kappa shape index (κ1) is 15.6. The molecule has 2 unspecified atom stereocenters. The van der Waals surface area contributed by atoms with E-state index in [1.807, 2.05) is 18.2 Å². The summed E-state index contributed by atoms with van der Waals surface area (Å²) in [5, 5.41) is 6.13. The van der Waals surface area contributed by atoms with E-state index in [0.29, 0.717) is 25.8 Å². The van der Waals surface area contributed by atoms with Crippen LogP contribution in [0, 0.1) is 0 Å². The smallest absolute Gasteiger partial charge is 0.315 e. The maximum absolute atomic E-state index is 12.2. The van der Waals surface area contributed by atoms with Gasteiger partial charge in [0.15, 0.2) is 11.5 Å². The molecule has 0 aliphatic carbocycles. The van der Waals surface area contributed by atoms with Crippen molar-refractivity contribution in [1.29, 1.82) is 0 Å². The molecule has 0 radical (unpaired) electrons. The minimum atomic E-state index is -0.0812. The fraction of sp³-hybridized carbons (Fsp3) is 0.611. The van der Waals surface area contributed by atoms with Gasteiger partial charge in [0.25, 0.3) is 0 Å². The van der Waals surface area contributed by atoms with Gasteiger partial charge in [-0.2, -0.15) is 0 Å². The first-order valence-corrected chi connectivity index (χ1v) is 8.96. The second-order valence-corrected chi connectivity index (χ2v) is 6.80. The summed E-state index contributed by atoms with van der Waals surface area (Å²) in [4.78, 5) is 14.8. The molecule has 6 heteroatoms. The quantitative estimate of drug-likeness (QED) is 0.888. The van der Waals surface area contributed by atoms with Crippen molar-refractivity contribution in [2.24, 2.45) is 0 Å². The molecule has 2 N–H and O–H groups in total. The number of carbonyl (C=O) groups excluding carboxylic acids is 1. The van der Waals surface area contributed by atoms with Gasteiger partial charge in [-0.15, -0.1) is 0 Å². The Labute approximate surface area is 142 Å². The Morgan fingerprint density at radius 2 is 2.00 bits per heavy atom. The van der Waals surface area contributed by atoms with Crippen molar-refractivity contribution in [3.63, 3.8) is 0 Å². The Hall–Kier alpha value is -1.95. The Balaban J connectivity index is 1.29. The van der Waals surface area contributed by atoms with Crippen LogP contribution < -0.4 is 20.1 Å². The lowest BCUT2D eigenvalue weighted by Gasteiger charge is -2.32. The summed E-state index contributed by atoms with van der Waals surface area (Å²) in [5.41, 5.74) is 1.01. The van der Waals surface area contributed by atoms with E-state index < -0.39 is 0 Å². The van der Waals surface area contributed by atoms with Crippen molar-refractivity contribution < 1.29 is 14.3 Å². The number of nitrogens with zero attached hydrogens (tertiary/aromatic N) is 1. The zero-order valence-corrected chi connectivity index (χ0v) is 13.9. The van der Waals surface area contributed by atoms with Gasteiger partial charge in [-0.3, -0.25) is 4.90 Å². The van der Waals surface area contributed by atoms with Crippen LogP contribution in [0.25, 0.3) is 0 Å². The molecule has 24 heavy (non-hydrogen) atoms. The monoisotopic (exact) mass is 331 g/mol. The number of hydrogen-bond donors (Lipinski definition) is 2. The van der Waals surface area contributed by atoms with E-state index in [1.54, 1.807) is 0 Å². The summed E-state index contributed by atoms with van der Waals surface area (Å²) in [6.45, 7) is 3.94. The molecule has 130 valence electrons. The van der Waals surface area contributed by atoms with Crippen LogP contribution in [0.3, 0.4) is 0 Å². The lowest BCUT2D eigenvalue weighted by molar-refractivity contribution is 0.171. The van der Waals surface area contributed by atoms with Crippen LogP contribution in [0.5, 0.6) is 11.5 Å². The van der Waals surface area contributed by atoms with Crippen molar-refractivity contribution in [3.8, 4) is 11.5 Å². The van der Waals surface area contributed by atoms with Gasteiger partial charge < -0.3 is 20.1 Å². The van der Waals surface area contributed by atoms with Gasteiger partial charge in [0.2, 0.25) is 0 Å². The number of fused-ring (bicyclic) bond motifs is 2. The fourth-order valence-corrected chi connectivity index (χ4v) is 4.02. The van der Waals surface area contributed by atoms with Crippen LogP contribution in [0.2, 0.25) is 0 Å². The molecule has 0 aromatic heterocycles. The van der Waals surface area contributed by atoms with E-state index >= 15 is 0 Å². The Morgan fingerprint density at radius 1 is 1.12 bits per heavy atom. The number of nitrogens with one attached hydrogen (secondary N) is 2. The van der Waals surface area contributed by atoms with Gasteiger partial charge in [-0.1, -0.05) is 12.5 Å². The SMILES string of the molecule is O=C(NCc1ccc2c(c1)OCCO2)NC1CCN2CCCCC12. The number of urea groups is 1. The molecule has 0 bridgehead atoms. The van der Waals surface area contributed by atoms with E-state index in [9.17, 15) is 4.79 Å². The van der Waals surface area contributed by atoms with E-state index in [0.717, 1.165) is 30.0 Å². The molecular formula is C18H25N3O3. The summed E-state index contributed by atoms with van der Waals surface area (Å²) in [6.07, 6.45) is 4.83. The molecule has 0 saturated carbocycles. The third kappa shape index (κ3) is 3.29. The minimum Gasteiger partial charge on any atom is -0.486 e. The molecular weight excluding hydrogens is 306 g/mol. The molecule has 2 saturated heterocycles. The lowest BCUT2D eigenvalue weighted by Crippen LogP contribution is -2.49. The third-order valence-electron chi connectivity index (χ3n) is 5.23. The fourth-order valence-electron chi connectivity index (χ4n) is 4.02. The van der Waals surface area contributed by atoms with Crippen molar-refractivity contribution in [2.75, 3.05) is 26.3 Å². The lowest BCUT2D eigenvalue weighted by atomic mass is 9.99. The van der Waals surface area contributed by atoms with Crippen LogP contribution >= 0.6 is 0 Å². The molecule has 6 nitrogen and oxygen atoms in total. The molecule has 2 amide bonds. The van der Waals surface area contributed by atoms with E-state index in [4.69, 9.17) is 9.47 Å². The van der Waals surface area contributed by atoms with Gasteiger partial charge in [-0.05, 0) is 43.5 Å². The number of benzene rings is 1. The summed E-state index contributed by atoms with van der Waals surface area (Å²) in [5.74, 6) is 1.53. The molecule has 1 aromatic rings. The highest BCUT2D eigenvalue weighted by molar-refractivity contribution is 5.74. The van der Waals surface area contributed by atoms with E-state index in [1.165, 1.54) is 25.8 Å². The number of rotatable bonds is 3. The molecule has 4 rings (SSSR count). The van der Waals surface area contributed by atoms with Gasteiger partial charge >= 0.3 is 6.03 Å². The minimum absolute atomic E-state index is 0.0812. The molecule has 3 aliphatic rings. The highest BCUT2D eigenvalue weighted by Gasteiger charge is 2.36. The number of carbonyl (C=O) groups is 1. The highest BCUT2D eigenvalue weighted by atomic mass is 16.6. The third-order valence-corrected chi connectivity index (χ3v) is 5.23. The number of piperidine rings is 1. The molecule has 2 atom stereocenters. The number of amides is 2. The van der Waals surface area contributed by atoms with Gasteiger partial charge in [0.05, 0.1) is 0 Å². The number of ether oxygens (including phenoxy) is 2. The van der Waals surface area contributed by atoms with Crippen molar-refractivity contribution >= 4 is 6.03 Å². The Morgan fingerprint density at radius 3 is 2.92 bits per heavy atom. The van der Waals surface area contributed by atoms with Crippen LogP contribution in [-0.4, -0.2) is 49.3 Å². The Kier molecular flexibility index (Phi) is 4.47. The number of hydrogen-bond acceptors (Lipinski definition) is 4. The van der Waals surface area contributed by atoms with Crippen LogP contribution in [0.15, 0.2) is 18.2 Å². The summed E-state index contributed by atoms with van der Waals surface area (Å²) < 4.78 is 11.1. The van der Waals surface area contributed by atoms with E-state index in [2.05, 4.69) is 15.5 Å². The van der Waals surface area contributed by atoms with Crippen molar-refractivity contribution in [2.45, 2.75) is 44.3 Å². The predicted octanol–water partition coefficient (Wildman–Crippen LogP) is 1.88. The first-order chi connectivity index (χ1) is 11.8. The molecule has 0 spiro atoms. The van der Waals surface area contributed by atoms with Gasteiger partial charge in [-0.25, -0.2) is 4.79 Å². The topological polar surface area (TPSA) is 62.8 Å². The second kappa shape index (κ2) is 6.89. The Bertz CT molecular complexity index is 607. The van der Waals surface area contributed by atoms with E-state index in [-0.39, 0.29) is 12.1 Å². The predicted molar refractivity (Wildman–Crippen MR) is 90.4 cm³/mol. The maximum Gasteiger partial charge on any atom is 0.315 e. The van der Waals surface area contributed by atoms with Crippen molar-refractivity contribution in [3.05, 3.63) is 23.8 Å². The average Bonchev–Trinajstić information content (AvgIpc) is 3.03. The van der Waals surface area contributed by atoms with Crippen LogP contribution in [0.4, 0.5) is 4.79 Å². The molecule has 1 aromatic carbocycles. The second-order valence-electron chi connectivity index (χ2n) is 6.80. The summed E-state index contributed by atoms with van der Waals surface area (Å²) in [7, 11) is 0. The first-order valence-electron chi connectivity index (χ1n) is 8.96. The zero-order valence-electron chi connectivity index (χ0n) is 13.9. The summed E-state index contributed by atoms with van der Waals surface area (Å²) >= 11 is 0. The molecule has 2 fully saturated rings. The van der Waals surface area contributed by atoms with Gasteiger partial charge in [0, 0.05) is 25.2 Å². The molecule has 3 aliphatic heterocycles. The normalized spacial score (nSPS) is 25.8. The largest absolute Gasteiger partial charge is 0.486 e.